The van der Waals surface area contributed by atoms with Crippen molar-refractivity contribution in [2.75, 3.05) is 33.8 Å². The zero-order chi connectivity index (χ0) is 19.6. The molecule has 0 aliphatic rings. The maximum atomic E-state index is 13.8. The molecule has 0 saturated heterocycles. The van der Waals surface area contributed by atoms with Gasteiger partial charge in [-0.1, -0.05) is 29.8 Å². The van der Waals surface area contributed by atoms with E-state index in [1.54, 1.807) is 24.3 Å². The average Bonchev–Trinajstić information content (AvgIpc) is 2.63. The zero-order valence-corrected chi connectivity index (χ0v) is 17.0. The lowest BCUT2D eigenvalue weighted by molar-refractivity contribution is 0.265. The largest absolute Gasteiger partial charge is 0.490 e. The van der Waals surface area contributed by atoms with Crippen LogP contribution in [0.3, 0.4) is 0 Å². The van der Waals surface area contributed by atoms with Crippen LogP contribution in [0, 0.1) is 5.82 Å². The van der Waals surface area contributed by atoms with Crippen LogP contribution in [-0.2, 0) is 13.2 Å². The van der Waals surface area contributed by atoms with E-state index in [9.17, 15) is 4.39 Å². The summed E-state index contributed by atoms with van der Waals surface area (Å²) in [6.45, 7) is 5.13. The van der Waals surface area contributed by atoms with Crippen LogP contribution >= 0.6 is 11.6 Å². The van der Waals surface area contributed by atoms with E-state index >= 15 is 0 Å². The molecule has 0 aromatic heterocycles. The Balaban J connectivity index is 2.02. The van der Waals surface area contributed by atoms with Crippen LogP contribution in [-0.4, -0.2) is 38.7 Å². The molecule has 0 spiro atoms. The number of hydrogen-bond donors (Lipinski definition) is 1. The van der Waals surface area contributed by atoms with E-state index in [2.05, 4.69) is 24.3 Å². The van der Waals surface area contributed by atoms with Gasteiger partial charge < -0.3 is 19.7 Å². The lowest BCUT2D eigenvalue weighted by Gasteiger charge is -2.16. The van der Waals surface area contributed by atoms with Gasteiger partial charge in [0.2, 0.25) is 0 Å². The SMILES string of the molecule is CCOc1cc(CNCCCN(C)C)c(Cl)cc1OCc1ccccc1F. The number of hydrogen-bond acceptors (Lipinski definition) is 4. The van der Waals surface area contributed by atoms with Gasteiger partial charge in [-0.15, -0.1) is 0 Å². The first-order chi connectivity index (χ1) is 13.0. The minimum Gasteiger partial charge on any atom is -0.490 e. The van der Waals surface area contributed by atoms with Crippen LogP contribution in [0.2, 0.25) is 5.02 Å². The van der Waals surface area contributed by atoms with Gasteiger partial charge in [0.1, 0.15) is 12.4 Å². The minimum absolute atomic E-state index is 0.116. The molecule has 0 fully saturated rings. The molecule has 0 aliphatic carbocycles. The van der Waals surface area contributed by atoms with E-state index in [0.29, 0.717) is 35.2 Å². The molecule has 0 heterocycles. The maximum absolute atomic E-state index is 13.8. The predicted octanol–water partition coefficient (Wildman–Crippen LogP) is 4.50. The van der Waals surface area contributed by atoms with Crippen LogP contribution in [0.1, 0.15) is 24.5 Å². The lowest BCUT2D eigenvalue weighted by Crippen LogP contribution is -2.21. The molecular weight excluding hydrogens is 367 g/mol. The van der Waals surface area contributed by atoms with Gasteiger partial charge in [-0.05, 0) is 58.2 Å². The van der Waals surface area contributed by atoms with Gasteiger partial charge in [-0.2, -0.15) is 0 Å². The topological polar surface area (TPSA) is 33.7 Å². The normalized spacial score (nSPS) is 11.0. The Labute approximate surface area is 166 Å². The highest BCUT2D eigenvalue weighted by Crippen LogP contribution is 2.34. The molecule has 0 atom stereocenters. The molecule has 0 saturated carbocycles. The molecule has 2 aromatic carbocycles. The van der Waals surface area contributed by atoms with Gasteiger partial charge in [-0.3, -0.25) is 0 Å². The number of nitrogens with one attached hydrogen (secondary N) is 1. The van der Waals surface area contributed by atoms with E-state index in [1.165, 1.54) is 6.07 Å². The first kappa shape index (κ1) is 21.5. The third kappa shape index (κ3) is 7.01. The first-order valence-corrected chi connectivity index (χ1v) is 9.56. The van der Waals surface area contributed by atoms with Gasteiger partial charge in [0.25, 0.3) is 0 Å². The minimum atomic E-state index is -0.292. The highest BCUT2D eigenvalue weighted by molar-refractivity contribution is 6.31. The highest BCUT2D eigenvalue weighted by Gasteiger charge is 2.12. The summed E-state index contributed by atoms with van der Waals surface area (Å²) in [4.78, 5) is 2.16. The van der Waals surface area contributed by atoms with Crippen molar-refractivity contribution in [2.45, 2.75) is 26.5 Å². The van der Waals surface area contributed by atoms with Crippen LogP contribution in [0.25, 0.3) is 0 Å². The van der Waals surface area contributed by atoms with E-state index in [-0.39, 0.29) is 12.4 Å². The van der Waals surface area contributed by atoms with Gasteiger partial charge in [0.05, 0.1) is 6.61 Å². The quantitative estimate of drug-likeness (QED) is 0.569. The maximum Gasteiger partial charge on any atom is 0.163 e. The third-order valence-corrected chi connectivity index (χ3v) is 4.38. The smallest absolute Gasteiger partial charge is 0.163 e. The third-order valence-electron chi connectivity index (χ3n) is 4.03. The summed E-state index contributed by atoms with van der Waals surface area (Å²) in [6, 6.07) is 10.2. The fourth-order valence-corrected chi connectivity index (χ4v) is 2.83. The molecule has 0 amide bonds. The fraction of sp³-hybridized carbons (Fsp3) is 0.429. The van der Waals surface area contributed by atoms with Gasteiger partial charge in [-0.25, -0.2) is 4.39 Å². The first-order valence-electron chi connectivity index (χ1n) is 9.18. The number of benzene rings is 2. The Kier molecular flexibility index (Phi) is 8.85. The summed E-state index contributed by atoms with van der Waals surface area (Å²) in [7, 11) is 4.12. The van der Waals surface area contributed by atoms with Crippen molar-refractivity contribution >= 4 is 11.6 Å². The molecule has 6 heteroatoms. The van der Waals surface area contributed by atoms with Crippen molar-refractivity contribution in [1.29, 1.82) is 0 Å². The molecular formula is C21H28ClFN2O2. The van der Waals surface area contributed by atoms with E-state index in [0.717, 1.165) is 25.1 Å². The molecule has 0 radical (unpaired) electrons. The second-order valence-corrected chi connectivity index (χ2v) is 6.94. The van der Waals surface area contributed by atoms with Crippen molar-refractivity contribution in [3.63, 3.8) is 0 Å². The highest BCUT2D eigenvalue weighted by atomic mass is 35.5. The summed E-state index contributed by atoms with van der Waals surface area (Å²) in [5.41, 5.74) is 1.44. The summed E-state index contributed by atoms with van der Waals surface area (Å²) in [5.74, 6) is 0.838. The summed E-state index contributed by atoms with van der Waals surface area (Å²) in [6.07, 6.45) is 1.06. The van der Waals surface area contributed by atoms with Crippen LogP contribution in [0.5, 0.6) is 11.5 Å². The van der Waals surface area contributed by atoms with Gasteiger partial charge >= 0.3 is 0 Å². The molecule has 0 unspecified atom stereocenters. The van der Waals surface area contributed by atoms with Crippen LogP contribution in [0.4, 0.5) is 4.39 Å². The number of rotatable bonds is 11. The van der Waals surface area contributed by atoms with E-state index < -0.39 is 0 Å². The molecule has 0 aliphatic heterocycles. The fourth-order valence-electron chi connectivity index (χ4n) is 2.61. The van der Waals surface area contributed by atoms with Crippen molar-refractivity contribution in [3.05, 3.63) is 58.4 Å². The van der Waals surface area contributed by atoms with Crippen LogP contribution < -0.4 is 14.8 Å². The molecule has 1 N–H and O–H groups in total. The van der Waals surface area contributed by atoms with E-state index in [1.807, 2.05) is 13.0 Å². The van der Waals surface area contributed by atoms with E-state index in [4.69, 9.17) is 21.1 Å². The summed E-state index contributed by atoms with van der Waals surface area (Å²) >= 11 is 6.42. The molecule has 2 rings (SSSR count). The Bertz CT molecular complexity index is 725. The Morgan fingerprint density at radius 1 is 1.07 bits per heavy atom. The molecule has 4 nitrogen and oxygen atoms in total. The van der Waals surface area contributed by atoms with Gasteiger partial charge in [0.15, 0.2) is 11.5 Å². The summed E-state index contributed by atoms with van der Waals surface area (Å²) in [5, 5.41) is 3.99. The predicted molar refractivity (Wildman–Crippen MR) is 108 cm³/mol. The monoisotopic (exact) mass is 394 g/mol. The van der Waals surface area contributed by atoms with Crippen molar-refractivity contribution in [2.24, 2.45) is 0 Å². The lowest BCUT2D eigenvalue weighted by atomic mass is 10.2. The molecule has 0 bridgehead atoms. The Morgan fingerprint density at radius 3 is 2.52 bits per heavy atom. The zero-order valence-electron chi connectivity index (χ0n) is 16.2. The second kappa shape index (κ2) is 11.1. The van der Waals surface area contributed by atoms with Crippen molar-refractivity contribution in [3.8, 4) is 11.5 Å². The number of nitrogens with zero attached hydrogens (tertiary/aromatic N) is 1. The standard InChI is InChI=1S/C21H28ClFN2O2/c1-4-26-20-12-17(14-24-10-7-11-25(2)3)18(22)13-21(20)27-15-16-8-5-6-9-19(16)23/h5-6,8-9,12-13,24H,4,7,10-11,14-15H2,1-3H3. The summed E-state index contributed by atoms with van der Waals surface area (Å²) < 4.78 is 25.3. The number of ether oxygens (including phenoxy) is 2. The molecule has 148 valence electrons. The number of halogens is 2. The molecule has 2 aromatic rings. The van der Waals surface area contributed by atoms with Crippen LogP contribution in [0.15, 0.2) is 36.4 Å². The molecule has 27 heavy (non-hydrogen) atoms. The average molecular weight is 395 g/mol. The second-order valence-electron chi connectivity index (χ2n) is 6.54. The van der Waals surface area contributed by atoms with Crippen molar-refractivity contribution < 1.29 is 13.9 Å². The Morgan fingerprint density at radius 2 is 1.81 bits per heavy atom. The van der Waals surface area contributed by atoms with Gasteiger partial charge in [0, 0.05) is 23.2 Å². The Hall–Kier alpha value is -1.82. The van der Waals surface area contributed by atoms with Crippen molar-refractivity contribution in [1.82, 2.24) is 10.2 Å².